The number of imidazole rings is 1. The Morgan fingerprint density at radius 1 is 1.03 bits per heavy atom. The lowest BCUT2D eigenvalue weighted by molar-refractivity contribution is -0.121. The molecular formula is C23H19ClFN3O2. The van der Waals surface area contributed by atoms with Crippen LogP contribution in [-0.4, -0.2) is 15.5 Å². The first-order chi connectivity index (χ1) is 14.6. The van der Waals surface area contributed by atoms with E-state index in [4.69, 9.17) is 16.3 Å². The van der Waals surface area contributed by atoms with Crippen molar-refractivity contribution < 1.29 is 13.9 Å². The number of amides is 1. The second-order valence-corrected chi connectivity index (χ2v) is 7.13. The van der Waals surface area contributed by atoms with Crippen LogP contribution in [0.4, 0.5) is 4.39 Å². The predicted octanol–water partition coefficient (Wildman–Crippen LogP) is 4.72. The molecular weight excluding hydrogens is 405 g/mol. The number of nitrogens with zero attached hydrogens (tertiary/aromatic N) is 2. The number of aromatic nitrogens is 2. The number of hydrogen-bond donors (Lipinski definition) is 1. The maximum atomic E-state index is 13.0. The van der Waals surface area contributed by atoms with Crippen LogP contribution in [0, 0.1) is 5.82 Å². The van der Waals surface area contributed by atoms with E-state index in [0.717, 1.165) is 16.6 Å². The fourth-order valence-electron chi connectivity index (χ4n) is 3.12. The Bertz CT molecular complexity index is 1170. The third-order valence-corrected chi connectivity index (χ3v) is 4.94. The van der Waals surface area contributed by atoms with Gasteiger partial charge in [0.2, 0.25) is 5.91 Å². The summed E-state index contributed by atoms with van der Waals surface area (Å²) in [6.45, 7) is 0.573. The smallest absolute Gasteiger partial charge is 0.240 e. The van der Waals surface area contributed by atoms with Gasteiger partial charge >= 0.3 is 0 Å². The highest BCUT2D eigenvalue weighted by Gasteiger charge is 2.14. The lowest BCUT2D eigenvalue weighted by Gasteiger charge is -2.12. The Balaban J connectivity index is 1.50. The van der Waals surface area contributed by atoms with Crippen LogP contribution in [0.5, 0.6) is 5.75 Å². The second kappa shape index (κ2) is 8.97. The summed E-state index contributed by atoms with van der Waals surface area (Å²) >= 11 is 6.16. The average Bonchev–Trinajstić information content (AvgIpc) is 3.10. The molecule has 0 unspecified atom stereocenters. The van der Waals surface area contributed by atoms with Crippen LogP contribution >= 0.6 is 11.6 Å². The molecule has 4 rings (SSSR count). The van der Waals surface area contributed by atoms with Crippen LogP contribution < -0.4 is 10.1 Å². The van der Waals surface area contributed by atoms with Crippen LogP contribution in [0.25, 0.3) is 11.0 Å². The number of para-hydroxylation sites is 3. The van der Waals surface area contributed by atoms with Gasteiger partial charge in [-0.25, -0.2) is 9.37 Å². The van der Waals surface area contributed by atoms with Gasteiger partial charge in [-0.1, -0.05) is 48.0 Å². The summed E-state index contributed by atoms with van der Waals surface area (Å²) in [6.07, 6.45) is 0. The van der Waals surface area contributed by atoms with Gasteiger partial charge in [-0.15, -0.1) is 0 Å². The van der Waals surface area contributed by atoms with E-state index in [1.165, 1.54) is 12.1 Å². The van der Waals surface area contributed by atoms with E-state index in [1.807, 2.05) is 41.0 Å². The molecule has 0 saturated carbocycles. The highest BCUT2D eigenvalue weighted by Crippen LogP contribution is 2.25. The largest absolute Gasteiger partial charge is 0.484 e. The first kappa shape index (κ1) is 19.9. The van der Waals surface area contributed by atoms with E-state index in [2.05, 4.69) is 10.3 Å². The van der Waals surface area contributed by atoms with Gasteiger partial charge in [0.1, 0.15) is 30.5 Å². The topological polar surface area (TPSA) is 56.2 Å². The van der Waals surface area contributed by atoms with Crippen molar-refractivity contribution >= 4 is 28.5 Å². The molecule has 0 spiro atoms. The first-order valence-corrected chi connectivity index (χ1v) is 9.80. The SMILES string of the molecule is O=C(Cn1c(COc2ccccc2Cl)nc2ccccc21)NCc1ccc(F)cc1. The molecule has 0 fully saturated rings. The Kier molecular flexibility index (Phi) is 5.95. The normalized spacial score (nSPS) is 10.9. The summed E-state index contributed by atoms with van der Waals surface area (Å²) in [5.74, 6) is 0.686. The number of nitrogens with one attached hydrogen (secondary N) is 1. The monoisotopic (exact) mass is 423 g/mol. The molecule has 152 valence electrons. The van der Waals surface area contributed by atoms with Crippen molar-refractivity contribution in [2.45, 2.75) is 19.7 Å². The third-order valence-electron chi connectivity index (χ3n) is 4.63. The number of fused-ring (bicyclic) bond motifs is 1. The van der Waals surface area contributed by atoms with Crippen molar-refractivity contribution in [3.8, 4) is 5.75 Å². The predicted molar refractivity (Wildman–Crippen MR) is 114 cm³/mol. The summed E-state index contributed by atoms with van der Waals surface area (Å²) in [5.41, 5.74) is 2.44. The molecule has 3 aromatic carbocycles. The van der Waals surface area contributed by atoms with Gasteiger partial charge in [0.05, 0.1) is 16.1 Å². The molecule has 0 saturated heterocycles. The third kappa shape index (κ3) is 4.60. The minimum absolute atomic E-state index is 0.0862. The van der Waals surface area contributed by atoms with Crippen molar-refractivity contribution in [1.82, 2.24) is 14.9 Å². The average molecular weight is 424 g/mol. The van der Waals surface area contributed by atoms with Crippen molar-refractivity contribution in [3.63, 3.8) is 0 Å². The summed E-state index contributed by atoms with van der Waals surface area (Å²) in [6, 6.07) is 20.8. The highest BCUT2D eigenvalue weighted by molar-refractivity contribution is 6.32. The first-order valence-electron chi connectivity index (χ1n) is 9.43. The molecule has 1 aromatic heterocycles. The number of halogens is 2. The highest BCUT2D eigenvalue weighted by atomic mass is 35.5. The molecule has 0 atom stereocenters. The number of carbonyl (C=O) groups is 1. The van der Waals surface area contributed by atoms with E-state index in [0.29, 0.717) is 23.1 Å². The molecule has 0 aliphatic rings. The molecule has 1 N–H and O–H groups in total. The summed E-state index contributed by atoms with van der Waals surface area (Å²) in [7, 11) is 0. The van der Waals surface area contributed by atoms with Gasteiger partial charge in [-0.3, -0.25) is 4.79 Å². The lowest BCUT2D eigenvalue weighted by Crippen LogP contribution is -2.28. The van der Waals surface area contributed by atoms with Gasteiger partial charge in [-0.2, -0.15) is 0 Å². The number of benzene rings is 3. The Morgan fingerprint density at radius 3 is 2.57 bits per heavy atom. The molecule has 5 nitrogen and oxygen atoms in total. The second-order valence-electron chi connectivity index (χ2n) is 6.73. The Labute approximate surface area is 178 Å². The molecule has 0 bridgehead atoms. The summed E-state index contributed by atoms with van der Waals surface area (Å²) in [5, 5.41) is 3.37. The number of hydrogen-bond acceptors (Lipinski definition) is 3. The van der Waals surface area contributed by atoms with Crippen molar-refractivity contribution in [2.75, 3.05) is 0 Å². The van der Waals surface area contributed by atoms with Crippen molar-refractivity contribution in [3.05, 3.63) is 95.0 Å². The fraction of sp³-hybridized carbons (Fsp3) is 0.130. The molecule has 1 heterocycles. The van der Waals surface area contributed by atoms with Gasteiger partial charge in [0.25, 0.3) is 0 Å². The van der Waals surface area contributed by atoms with Gasteiger partial charge in [0.15, 0.2) is 0 Å². The maximum Gasteiger partial charge on any atom is 0.240 e. The minimum atomic E-state index is -0.307. The zero-order valence-electron chi connectivity index (χ0n) is 16.0. The van der Waals surface area contributed by atoms with Gasteiger partial charge in [0, 0.05) is 6.54 Å². The number of rotatable bonds is 7. The van der Waals surface area contributed by atoms with E-state index in [-0.39, 0.29) is 24.9 Å². The summed E-state index contributed by atoms with van der Waals surface area (Å²) in [4.78, 5) is 17.2. The minimum Gasteiger partial charge on any atom is -0.484 e. The van der Waals surface area contributed by atoms with E-state index in [1.54, 1.807) is 24.3 Å². The molecule has 0 aliphatic heterocycles. The maximum absolute atomic E-state index is 13.0. The van der Waals surface area contributed by atoms with E-state index >= 15 is 0 Å². The molecule has 0 aliphatic carbocycles. The van der Waals surface area contributed by atoms with Crippen molar-refractivity contribution in [2.24, 2.45) is 0 Å². The molecule has 1 amide bonds. The standard InChI is InChI=1S/C23H19ClFN3O2/c24-18-5-1-4-8-21(18)30-15-22-27-19-6-2-3-7-20(19)28(22)14-23(29)26-13-16-9-11-17(25)12-10-16/h1-12H,13-15H2,(H,26,29). The van der Waals surface area contributed by atoms with Gasteiger partial charge in [-0.05, 0) is 42.0 Å². The molecule has 4 aromatic rings. The number of ether oxygens (including phenoxy) is 1. The van der Waals surface area contributed by atoms with E-state index < -0.39 is 0 Å². The Morgan fingerprint density at radius 2 is 1.77 bits per heavy atom. The van der Waals surface area contributed by atoms with Gasteiger partial charge < -0.3 is 14.6 Å². The fourth-order valence-corrected chi connectivity index (χ4v) is 3.31. The van der Waals surface area contributed by atoms with Crippen LogP contribution in [-0.2, 0) is 24.5 Å². The molecule has 0 radical (unpaired) electrons. The van der Waals surface area contributed by atoms with Crippen LogP contribution in [0.15, 0.2) is 72.8 Å². The van der Waals surface area contributed by atoms with E-state index in [9.17, 15) is 9.18 Å². The van der Waals surface area contributed by atoms with Crippen LogP contribution in [0.3, 0.4) is 0 Å². The quantitative estimate of drug-likeness (QED) is 0.467. The molecule has 7 heteroatoms. The summed E-state index contributed by atoms with van der Waals surface area (Å²) < 4.78 is 20.7. The van der Waals surface area contributed by atoms with Crippen LogP contribution in [0.1, 0.15) is 11.4 Å². The van der Waals surface area contributed by atoms with Crippen molar-refractivity contribution in [1.29, 1.82) is 0 Å². The number of carbonyl (C=O) groups excluding carboxylic acids is 1. The molecule has 30 heavy (non-hydrogen) atoms. The zero-order chi connectivity index (χ0) is 20.9. The Hall–Kier alpha value is -3.38. The van der Waals surface area contributed by atoms with Crippen LogP contribution in [0.2, 0.25) is 5.02 Å². The lowest BCUT2D eigenvalue weighted by atomic mass is 10.2. The zero-order valence-corrected chi connectivity index (χ0v) is 16.8.